The highest BCUT2D eigenvalue weighted by molar-refractivity contribution is 6.09. The first kappa shape index (κ1) is 22.3. The summed E-state index contributed by atoms with van der Waals surface area (Å²) in [6, 6.07) is 23.1. The molecular formula is C28H32N4O2. The van der Waals surface area contributed by atoms with Gasteiger partial charge in [-0.3, -0.25) is 9.69 Å². The Morgan fingerprint density at radius 1 is 0.971 bits per heavy atom. The summed E-state index contributed by atoms with van der Waals surface area (Å²) in [4.78, 5) is 15.0. The van der Waals surface area contributed by atoms with Gasteiger partial charge in [-0.05, 0) is 56.2 Å². The van der Waals surface area contributed by atoms with E-state index >= 15 is 0 Å². The number of hydrogen-bond donors (Lipinski definition) is 2. The van der Waals surface area contributed by atoms with Gasteiger partial charge in [-0.1, -0.05) is 30.3 Å². The zero-order valence-corrected chi connectivity index (χ0v) is 19.9. The minimum atomic E-state index is 0.0368. The van der Waals surface area contributed by atoms with E-state index in [1.54, 1.807) is 7.11 Å². The fraction of sp³-hybridized carbons (Fsp3) is 0.321. The van der Waals surface area contributed by atoms with Crippen molar-refractivity contribution in [3.05, 3.63) is 66.7 Å². The second kappa shape index (κ2) is 9.77. The van der Waals surface area contributed by atoms with E-state index in [1.807, 2.05) is 30.3 Å². The minimum Gasteiger partial charge on any atom is -0.495 e. The summed E-state index contributed by atoms with van der Waals surface area (Å²) in [5, 5.41) is 9.12. The molecule has 1 aromatic heterocycles. The molecule has 0 saturated carbocycles. The van der Waals surface area contributed by atoms with Crippen LogP contribution in [0.2, 0.25) is 0 Å². The standard InChI is InChI=1S/C28H32N4O2/c1-3-32-25-10-6-4-8-22(25)23-18-21(12-13-26(23)32)30-28(33)19-31-16-14-20(15-17-31)29-24-9-5-7-11-27(24)34-2/h4-13,18,20,29H,3,14-17,19H2,1-2H3,(H,30,33). The number of nitrogens with one attached hydrogen (secondary N) is 2. The van der Waals surface area contributed by atoms with Crippen LogP contribution in [0.4, 0.5) is 11.4 Å². The summed E-state index contributed by atoms with van der Waals surface area (Å²) < 4.78 is 7.77. The number of fused-ring (bicyclic) bond motifs is 3. The molecule has 0 spiro atoms. The Kier molecular flexibility index (Phi) is 6.41. The predicted octanol–water partition coefficient (Wildman–Crippen LogP) is 5.34. The topological polar surface area (TPSA) is 58.5 Å². The Balaban J connectivity index is 1.19. The molecule has 0 radical (unpaired) electrons. The number of hydrogen-bond acceptors (Lipinski definition) is 4. The molecule has 1 saturated heterocycles. The van der Waals surface area contributed by atoms with Crippen LogP contribution in [-0.4, -0.2) is 48.2 Å². The van der Waals surface area contributed by atoms with Crippen molar-refractivity contribution >= 4 is 39.1 Å². The molecule has 6 nitrogen and oxygen atoms in total. The van der Waals surface area contributed by atoms with Crippen LogP contribution in [0.5, 0.6) is 5.75 Å². The number of aryl methyl sites for hydroxylation is 1. The molecule has 3 aromatic carbocycles. The lowest BCUT2D eigenvalue weighted by molar-refractivity contribution is -0.117. The first-order valence-electron chi connectivity index (χ1n) is 12.1. The molecule has 6 heteroatoms. The van der Waals surface area contributed by atoms with Crippen molar-refractivity contribution < 1.29 is 9.53 Å². The Hall–Kier alpha value is -3.51. The number of carbonyl (C=O) groups is 1. The number of methoxy groups -OCH3 is 1. The molecule has 0 bridgehead atoms. The van der Waals surface area contributed by atoms with Crippen LogP contribution < -0.4 is 15.4 Å². The average Bonchev–Trinajstić information content (AvgIpc) is 3.18. The molecule has 4 aromatic rings. The molecule has 1 fully saturated rings. The van der Waals surface area contributed by atoms with Crippen molar-refractivity contribution in [2.24, 2.45) is 0 Å². The van der Waals surface area contributed by atoms with Crippen LogP contribution >= 0.6 is 0 Å². The van der Waals surface area contributed by atoms with Crippen LogP contribution in [0, 0.1) is 0 Å². The van der Waals surface area contributed by atoms with Gasteiger partial charge in [0.2, 0.25) is 5.91 Å². The summed E-state index contributed by atoms with van der Waals surface area (Å²) in [6.45, 7) is 5.27. The Labute approximate surface area is 200 Å². The highest BCUT2D eigenvalue weighted by atomic mass is 16.5. The third kappa shape index (κ3) is 4.46. The molecule has 1 aliphatic rings. The van der Waals surface area contributed by atoms with Crippen molar-refractivity contribution in [1.29, 1.82) is 0 Å². The summed E-state index contributed by atoms with van der Waals surface area (Å²) in [5.41, 5.74) is 4.31. The number of amides is 1. The molecule has 0 atom stereocenters. The first-order valence-corrected chi connectivity index (χ1v) is 12.1. The second-order valence-corrected chi connectivity index (χ2v) is 8.94. The third-order valence-electron chi connectivity index (χ3n) is 6.79. The number of benzene rings is 3. The normalized spacial score (nSPS) is 15.0. The second-order valence-electron chi connectivity index (χ2n) is 8.94. The van der Waals surface area contributed by atoms with E-state index in [9.17, 15) is 4.79 Å². The molecule has 1 amide bonds. The maximum Gasteiger partial charge on any atom is 0.238 e. The van der Waals surface area contributed by atoms with E-state index in [1.165, 1.54) is 21.8 Å². The van der Waals surface area contributed by atoms with Gasteiger partial charge >= 0.3 is 0 Å². The molecule has 2 N–H and O–H groups in total. The van der Waals surface area contributed by atoms with E-state index in [-0.39, 0.29) is 5.91 Å². The van der Waals surface area contributed by atoms with E-state index < -0.39 is 0 Å². The predicted molar refractivity (Wildman–Crippen MR) is 140 cm³/mol. The van der Waals surface area contributed by atoms with Gasteiger partial charge in [-0.25, -0.2) is 0 Å². The van der Waals surface area contributed by atoms with Gasteiger partial charge in [0.1, 0.15) is 5.75 Å². The molecule has 5 rings (SSSR count). The number of anilines is 2. The summed E-state index contributed by atoms with van der Waals surface area (Å²) in [6.07, 6.45) is 1.99. The lowest BCUT2D eigenvalue weighted by atomic mass is 10.0. The van der Waals surface area contributed by atoms with Crippen LogP contribution in [0.15, 0.2) is 66.7 Å². The zero-order chi connectivity index (χ0) is 23.5. The van der Waals surface area contributed by atoms with Crippen LogP contribution in [0.1, 0.15) is 19.8 Å². The fourth-order valence-electron chi connectivity index (χ4n) is 5.09. The SMILES string of the molecule is CCn1c2ccccc2c2cc(NC(=O)CN3CCC(Nc4ccccc4OC)CC3)ccc21. The van der Waals surface area contributed by atoms with Gasteiger partial charge in [0.15, 0.2) is 0 Å². The largest absolute Gasteiger partial charge is 0.495 e. The van der Waals surface area contributed by atoms with E-state index in [0.717, 1.165) is 49.6 Å². The highest BCUT2D eigenvalue weighted by Crippen LogP contribution is 2.31. The van der Waals surface area contributed by atoms with Gasteiger partial charge < -0.3 is 19.9 Å². The van der Waals surface area contributed by atoms with Crippen LogP contribution in [0.25, 0.3) is 21.8 Å². The molecule has 2 heterocycles. The number of piperidine rings is 1. The summed E-state index contributed by atoms with van der Waals surface area (Å²) in [5.74, 6) is 0.901. The Morgan fingerprint density at radius 3 is 2.50 bits per heavy atom. The molecule has 0 unspecified atom stereocenters. The Bertz CT molecular complexity index is 1300. The van der Waals surface area contributed by atoms with Crippen molar-refractivity contribution in [2.45, 2.75) is 32.4 Å². The van der Waals surface area contributed by atoms with Crippen LogP contribution in [0.3, 0.4) is 0 Å². The first-order chi connectivity index (χ1) is 16.7. The summed E-state index contributed by atoms with van der Waals surface area (Å²) >= 11 is 0. The average molecular weight is 457 g/mol. The monoisotopic (exact) mass is 456 g/mol. The number of ether oxygens (including phenoxy) is 1. The summed E-state index contributed by atoms with van der Waals surface area (Å²) in [7, 11) is 1.70. The van der Waals surface area contributed by atoms with Gasteiger partial charge in [-0.15, -0.1) is 0 Å². The fourth-order valence-corrected chi connectivity index (χ4v) is 5.09. The zero-order valence-electron chi connectivity index (χ0n) is 19.9. The van der Waals surface area contributed by atoms with Gasteiger partial charge in [-0.2, -0.15) is 0 Å². The van der Waals surface area contributed by atoms with E-state index in [4.69, 9.17) is 4.74 Å². The molecule has 176 valence electrons. The quantitative estimate of drug-likeness (QED) is 0.394. The van der Waals surface area contributed by atoms with E-state index in [0.29, 0.717) is 12.6 Å². The van der Waals surface area contributed by atoms with Crippen molar-refractivity contribution in [3.8, 4) is 5.75 Å². The number of aromatic nitrogens is 1. The number of likely N-dealkylation sites (tertiary alicyclic amines) is 1. The highest BCUT2D eigenvalue weighted by Gasteiger charge is 2.21. The minimum absolute atomic E-state index is 0.0368. The van der Waals surface area contributed by atoms with Crippen molar-refractivity contribution in [2.75, 3.05) is 37.4 Å². The number of carbonyl (C=O) groups excluding carboxylic acids is 1. The molecular weight excluding hydrogens is 424 g/mol. The number of para-hydroxylation sites is 3. The number of nitrogens with zero attached hydrogens (tertiary/aromatic N) is 2. The smallest absolute Gasteiger partial charge is 0.238 e. The lowest BCUT2D eigenvalue weighted by Gasteiger charge is -2.32. The number of rotatable bonds is 7. The third-order valence-corrected chi connectivity index (χ3v) is 6.79. The van der Waals surface area contributed by atoms with Crippen LogP contribution in [-0.2, 0) is 11.3 Å². The van der Waals surface area contributed by atoms with Crippen molar-refractivity contribution in [3.63, 3.8) is 0 Å². The Morgan fingerprint density at radius 2 is 1.71 bits per heavy atom. The maximum absolute atomic E-state index is 12.8. The molecule has 1 aliphatic heterocycles. The van der Waals surface area contributed by atoms with Crippen molar-refractivity contribution in [1.82, 2.24) is 9.47 Å². The molecule has 34 heavy (non-hydrogen) atoms. The van der Waals surface area contributed by atoms with Gasteiger partial charge in [0, 0.05) is 53.2 Å². The van der Waals surface area contributed by atoms with Gasteiger partial charge in [0.25, 0.3) is 0 Å². The van der Waals surface area contributed by atoms with Gasteiger partial charge in [0.05, 0.1) is 19.3 Å². The van der Waals surface area contributed by atoms with E-state index in [2.05, 4.69) is 63.4 Å². The maximum atomic E-state index is 12.8. The molecule has 0 aliphatic carbocycles. The lowest BCUT2D eigenvalue weighted by Crippen LogP contribution is -2.42.